The Balaban J connectivity index is 2.37. The first-order valence-electron chi connectivity index (χ1n) is 5.97. The molecule has 0 saturated heterocycles. The smallest absolute Gasteiger partial charge is 0.0804 e. The van der Waals surface area contributed by atoms with Gasteiger partial charge < -0.3 is 5.73 Å². The van der Waals surface area contributed by atoms with Crippen molar-refractivity contribution in [3.05, 3.63) is 60.3 Å². The molecular formula is C16H14N2. The molecule has 0 amide bonds. The Hall–Kier alpha value is -2.35. The third-order valence-electron chi connectivity index (χ3n) is 3.08. The van der Waals surface area contributed by atoms with Crippen molar-refractivity contribution in [2.24, 2.45) is 0 Å². The van der Waals surface area contributed by atoms with E-state index in [0.717, 1.165) is 27.8 Å². The highest BCUT2D eigenvalue weighted by atomic mass is 14.7. The summed E-state index contributed by atoms with van der Waals surface area (Å²) in [5.41, 5.74) is 11.1. The molecule has 1 aromatic heterocycles. The number of aryl methyl sites for hydroxylation is 1. The molecule has 0 bridgehead atoms. The Bertz CT molecular complexity index is 703. The lowest BCUT2D eigenvalue weighted by atomic mass is 10.0. The number of benzene rings is 2. The van der Waals surface area contributed by atoms with E-state index in [4.69, 9.17) is 5.73 Å². The fourth-order valence-corrected chi connectivity index (χ4v) is 2.26. The molecule has 0 aliphatic heterocycles. The van der Waals surface area contributed by atoms with Crippen LogP contribution in [0.4, 0.5) is 5.69 Å². The Morgan fingerprint density at radius 1 is 0.944 bits per heavy atom. The number of nitrogens with two attached hydrogens (primary N) is 1. The highest BCUT2D eigenvalue weighted by Gasteiger charge is 2.07. The molecule has 0 aliphatic rings. The SMILES string of the molecule is Cc1cc(N)c2cccc(-c3ccccc3)c2n1. The van der Waals surface area contributed by atoms with Gasteiger partial charge in [0.05, 0.1) is 5.52 Å². The number of aromatic nitrogens is 1. The second kappa shape index (κ2) is 4.15. The van der Waals surface area contributed by atoms with Crippen molar-refractivity contribution in [3.8, 4) is 11.1 Å². The van der Waals surface area contributed by atoms with Crippen LogP contribution in [0.25, 0.3) is 22.0 Å². The molecule has 0 radical (unpaired) electrons. The fourth-order valence-electron chi connectivity index (χ4n) is 2.26. The zero-order chi connectivity index (χ0) is 12.5. The molecule has 2 heteroatoms. The van der Waals surface area contributed by atoms with Crippen molar-refractivity contribution in [1.29, 1.82) is 0 Å². The molecule has 2 nitrogen and oxygen atoms in total. The molecule has 3 aromatic rings. The maximum Gasteiger partial charge on any atom is 0.0804 e. The molecule has 2 N–H and O–H groups in total. The zero-order valence-electron chi connectivity index (χ0n) is 10.2. The van der Waals surface area contributed by atoms with Crippen molar-refractivity contribution in [1.82, 2.24) is 4.98 Å². The van der Waals surface area contributed by atoms with E-state index in [1.54, 1.807) is 0 Å². The van der Waals surface area contributed by atoms with E-state index in [2.05, 4.69) is 23.2 Å². The average molecular weight is 234 g/mol. The Labute approximate surface area is 106 Å². The summed E-state index contributed by atoms with van der Waals surface area (Å²) in [6, 6.07) is 18.3. The van der Waals surface area contributed by atoms with E-state index in [9.17, 15) is 0 Å². The first-order chi connectivity index (χ1) is 8.75. The summed E-state index contributed by atoms with van der Waals surface area (Å²) in [4.78, 5) is 4.63. The molecule has 2 aromatic carbocycles. The predicted octanol–water partition coefficient (Wildman–Crippen LogP) is 3.79. The van der Waals surface area contributed by atoms with E-state index in [0.29, 0.717) is 0 Å². The minimum Gasteiger partial charge on any atom is -0.398 e. The quantitative estimate of drug-likeness (QED) is 0.695. The van der Waals surface area contributed by atoms with Crippen LogP contribution in [0, 0.1) is 6.92 Å². The summed E-state index contributed by atoms with van der Waals surface area (Å²) in [6.07, 6.45) is 0. The molecule has 88 valence electrons. The number of nitrogens with zero attached hydrogens (tertiary/aromatic N) is 1. The summed E-state index contributed by atoms with van der Waals surface area (Å²) in [5.74, 6) is 0. The van der Waals surface area contributed by atoms with Crippen LogP contribution in [0.5, 0.6) is 0 Å². The number of anilines is 1. The maximum atomic E-state index is 6.06. The second-order valence-electron chi connectivity index (χ2n) is 4.42. The molecule has 0 fully saturated rings. The van der Waals surface area contributed by atoms with Gasteiger partial charge in [-0.3, -0.25) is 4.98 Å². The van der Waals surface area contributed by atoms with Crippen LogP contribution in [0.1, 0.15) is 5.69 Å². The summed E-state index contributed by atoms with van der Waals surface area (Å²) in [7, 11) is 0. The van der Waals surface area contributed by atoms with Gasteiger partial charge in [0.2, 0.25) is 0 Å². The number of fused-ring (bicyclic) bond motifs is 1. The third-order valence-corrected chi connectivity index (χ3v) is 3.08. The molecule has 0 saturated carbocycles. The van der Waals surface area contributed by atoms with E-state index >= 15 is 0 Å². The van der Waals surface area contributed by atoms with Crippen molar-refractivity contribution in [2.45, 2.75) is 6.92 Å². The number of hydrogen-bond acceptors (Lipinski definition) is 2. The fraction of sp³-hybridized carbons (Fsp3) is 0.0625. The summed E-state index contributed by atoms with van der Waals surface area (Å²) in [6.45, 7) is 1.97. The first-order valence-corrected chi connectivity index (χ1v) is 5.97. The van der Waals surface area contributed by atoms with E-state index in [1.165, 1.54) is 5.56 Å². The van der Waals surface area contributed by atoms with Crippen molar-refractivity contribution < 1.29 is 0 Å². The van der Waals surface area contributed by atoms with Crippen molar-refractivity contribution >= 4 is 16.6 Å². The van der Waals surface area contributed by atoms with Gasteiger partial charge in [-0.2, -0.15) is 0 Å². The molecule has 1 heterocycles. The lowest BCUT2D eigenvalue weighted by Gasteiger charge is -2.09. The van der Waals surface area contributed by atoms with E-state index in [1.807, 2.05) is 43.3 Å². The first kappa shape index (κ1) is 10.8. The van der Waals surface area contributed by atoms with Crippen LogP contribution >= 0.6 is 0 Å². The van der Waals surface area contributed by atoms with E-state index in [-0.39, 0.29) is 0 Å². The average Bonchev–Trinajstić information content (AvgIpc) is 2.39. The minimum absolute atomic E-state index is 0.787. The van der Waals surface area contributed by atoms with Crippen molar-refractivity contribution in [2.75, 3.05) is 5.73 Å². The van der Waals surface area contributed by atoms with Gasteiger partial charge in [0, 0.05) is 22.3 Å². The molecule has 0 spiro atoms. The zero-order valence-corrected chi connectivity index (χ0v) is 10.2. The maximum absolute atomic E-state index is 6.06. The normalized spacial score (nSPS) is 10.7. The number of hydrogen-bond donors (Lipinski definition) is 1. The summed E-state index contributed by atoms with van der Waals surface area (Å²) in [5, 5.41) is 1.02. The standard InChI is InChI=1S/C16H14N2/c1-11-10-15(17)14-9-5-8-13(16(14)18-11)12-6-3-2-4-7-12/h2-10H,1H3,(H2,17,18). The largest absolute Gasteiger partial charge is 0.398 e. The number of pyridine rings is 1. The van der Waals surface area contributed by atoms with E-state index < -0.39 is 0 Å². The van der Waals surface area contributed by atoms with Gasteiger partial charge in [-0.25, -0.2) is 0 Å². The minimum atomic E-state index is 0.787. The lowest BCUT2D eigenvalue weighted by molar-refractivity contribution is 1.26. The Morgan fingerprint density at radius 3 is 2.50 bits per heavy atom. The summed E-state index contributed by atoms with van der Waals surface area (Å²) < 4.78 is 0. The second-order valence-corrected chi connectivity index (χ2v) is 4.42. The molecule has 0 aliphatic carbocycles. The van der Waals surface area contributed by atoms with Gasteiger partial charge in [-0.05, 0) is 18.6 Å². The molecule has 0 unspecified atom stereocenters. The van der Waals surface area contributed by atoms with Gasteiger partial charge >= 0.3 is 0 Å². The number of rotatable bonds is 1. The van der Waals surface area contributed by atoms with Crippen LogP contribution in [-0.2, 0) is 0 Å². The molecular weight excluding hydrogens is 220 g/mol. The highest BCUT2D eigenvalue weighted by Crippen LogP contribution is 2.30. The molecule has 3 rings (SSSR count). The van der Waals surface area contributed by atoms with Crippen LogP contribution in [0.15, 0.2) is 54.6 Å². The number of para-hydroxylation sites is 1. The highest BCUT2D eigenvalue weighted by molar-refractivity contribution is 5.99. The molecule has 0 atom stereocenters. The van der Waals surface area contributed by atoms with Gasteiger partial charge in [-0.15, -0.1) is 0 Å². The van der Waals surface area contributed by atoms with Crippen LogP contribution in [0.2, 0.25) is 0 Å². The van der Waals surface area contributed by atoms with Gasteiger partial charge in [0.1, 0.15) is 0 Å². The Morgan fingerprint density at radius 2 is 1.72 bits per heavy atom. The van der Waals surface area contributed by atoms with Gasteiger partial charge in [0.25, 0.3) is 0 Å². The van der Waals surface area contributed by atoms with Crippen LogP contribution in [0.3, 0.4) is 0 Å². The monoisotopic (exact) mass is 234 g/mol. The lowest BCUT2D eigenvalue weighted by Crippen LogP contribution is -1.93. The van der Waals surface area contributed by atoms with Crippen LogP contribution < -0.4 is 5.73 Å². The summed E-state index contributed by atoms with van der Waals surface area (Å²) >= 11 is 0. The number of nitrogen functional groups attached to an aromatic ring is 1. The van der Waals surface area contributed by atoms with Crippen molar-refractivity contribution in [3.63, 3.8) is 0 Å². The third kappa shape index (κ3) is 1.72. The van der Waals surface area contributed by atoms with Crippen LogP contribution in [-0.4, -0.2) is 4.98 Å². The Kier molecular flexibility index (Phi) is 2.49. The topological polar surface area (TPSA) is 38.9 Å². The molecule has 18 heavy (non-hydrogen) atoms. The van der Waals surface area contributed by atoms with Gasteiger partial charge in [-0.1, -0.05) is 48.5 Å². The van der Waals surface area contributed by atoms with Gasteiger partial charge in [0.15, 0.2) is 0 Å². The predicted molar refractivity (Wildman–Crippen MR) is 76.3 cm³/mol.